The SMILES string of the molecule is Cc1cc(=O)oc2cc(NC(=S)N3CCN(c4ccc(Cl)cc4)CC3)ccc12. The molecule has 0 bridgehead atoms. The van der Waals surface area contributed by atoms with Gasteiger partial charge in [0.25, 0.3) is 0 Å². The Morgan fingerprint density at radius 3 is 2.50 bits per heavy atom. The molecule has 7 heteroatoms. The van der Waals surface area contributed by atoms with Crippen molar-refractivity contribution < 1.29 is 4.42 Å². The Hall–Kier alpha value is -2.57. The second-order valence-corrected chi connectivity index (χ2v) is 7.66. The molecule has 3 aromatic rings. The third-order valence-electron chi connectivity index (χ3n) is 4.96. The number of hydrogen-bond donors (Lipinski definition) is 1. The van der Waals surface area contributed by atoms with E-state index in [-0.39, 0.29) is 5.63 Å². The average molecular weight is 414 g/mol. The highest BCUT2D eigenvalue weighted by Crippen LogP contribution is 2.22. The van der Waals surface area contributed by atoms with Gasteiger partial charge in [-0.1, -0.05) is 11.6 Å². The number of nitrogens with one attached hydrogen (secondary N) is 1. The minimum Gasteiger partial charge on any atom is -0.423 e. The van der Waals surface area contributed by atoms with Crippen molar-refractivity contribution in [3.05, 3.63) is 69.5 Å². The van der Waals surface area contributed by atoms with Gasteiger partial charge in [-0.2, -0.15) is 0 Å². The van der Waals surface area contributed by atoms with Gasteiger partial charge in [-0.25, -0.2) is 4.79 Å². The molecule has 2 heterocycles. The molecule has 4 rings (SSSR count). The molecule has 144 valence electrons. The van der Waals surface area contributed by atoms with Crippen LogP contribution in [0.3, 0.4) is 0 Å². The second kappa shape index (κ2) is 7.81. The van der Waals surface area contributed by atoms with E-state index in [9.17, 15) is 4.79 Å². The van der Waals surface area contributed by atoms with Gasteiger partial charge in [-0.05, 0) is 61.1 Å². The minimum absolute atomic E-state index is 0.344. The molecular formula is C21H20ClN3O2S. The number of aryl methyl sites for hydroxylation is 1. The smallest absolute Gasteiger partial charge is 0.336 e. The number of piperazine rings is 1. The first-order chi connectivity index (χ1) is 13.5. The lowest BCUT2D eigenvalue weighted by atomic mass is 10.1. The number of hydrogen-bond acceptors (Lipinski definition) is 4. The second-order valence-electron chi connectivity index (χ2n) is 6.84. The van der Waals surface area contributed by atoms with E-state index in [4.69, 9.17) is 28.2 Å². The average Bonchev–Trinajstić information content (AvgIpc) is 2.68. The van der Waals surface area contributed by atoms with E-state index in [1.54, 1.807) is 0 Å². The molecule has 5 nitrogen and oxygen atoms in total. The van der Waals surface area contributed by atoms with Gasteiger partial charge in [0.2, 0.25) is 0 Å². The fraction of sp³-hybridized carbons (Fsp3) is 0.238. The van der Waals surface area contributed by atoms with Gasteiger partial charge >= 0.3 is 5.63 Å². The fourth-order valence-corrected chi connectivity index (χ4v) is 3.85. The number of anilines is 2. The molecule has 0 spiro atoms. The Balaban J connectivity index is 1.41. The lowest BCUT2D eigenvalue weighted by Gasteiger charge is -2.37. The number of rotatable bonds is 2. The predicted molar refractivity (Wildman–Crippen MR) is 119 cm³/mol. The molecular weight excluding hydrogens is 394 g/mol. The van der Waals surface area contributed by atoms with Crippen LogP contribution in [0.15, 0.2) is 57.7 Å². The fourth-order valence-electron chi connectivity index (χ4n) is 3.42. The normalized spacial score (nSPS) is 14.4. The van der Waals surface area contributed by atoms with Crippen molar-refractivity contribution in [2.24, 2.45) is 0 Å². The molecule has 1 fully saturated rings. The molecule has 0 aliphatic carbocycles. The summed E-state index contributed by atoms with van der Waals surface area (Å²) in [5.41, 5.74) is 3.10. The molecule has 0 radical (unpaired) electrons. The summed E-state index contributed by atoms with van der Waals surface area (Å²) in [4.78, 5) is 16.1. The van der Waals surface area contributed by atoms with Crippen molar-refractivity contribution in [2.45, 2.75) is 6.92 Å². The van der Waals surface area contributed by atoms with Crippen LogP contribution in [0.2, 0.25) is 5.02 Å². The first kappa shape index (κ1) is 18.8. The molecule has 28 heavy (non-hydrogen) atoms. The molecule has 0 saturated carbocycles. The van der Waals surface area contributed by atoms with E-state index in [1.165, 1.54) is 11.8 Å². The highest BCUT2D eigenvalue weighted by atomic mass is 35.5. The summed E-state index contributed by atoms with van der Waals surface area (Å²) in [7, 11) is 0. The minimum atomic E-state index is -0.344. The standard InChI is InChI=1S/C21H20ClN3O2S/c1-14-12-20(26)27-19-13-16(4-7-18(14)19)23-21(28)25-10-8-24(9-11-25)17-5-2-15(22)3-6-17/h2-7,12-13H,8-11H2,1H3,(H,23,28). The van der Waals surface area contributed by atoms with E-state index in [2.05, 4.69) is 15.1 Å². The Bertz CT molecular complexity index is 1070. The lowest BCUT2D eigenvalue weighted by Crippen LogP contribution is -2.50. The largest absolute Gasteiger partial charge is 0.423 e. The molecule has 1 aromatic heterocycles. The van der Waals surface area contributed by atoms with Crippen molar-refractivity contribution in [2.75, 3.05) is 36.4 Å². The topological polar surface area (TPSA) is 48.7 Å². The van der Waals surface area contributed by atoms with Crippen LogP contribution in [0, 0.1) is 6.92 Å². The molecule has 1 N–H and O–H groups in total. The Morgan fingerprint density at radius 2 is 1.79 bits per heavy atom. The summed E-state index contributed by atoms with van der Waals surface area (Å²) in [6, 6.07) is 15.1. The molecule has 0 unspecified atom stereocenters. The highest BCUT2D eigenvalue weighted by Gasteiger charge is 2.19. The summed E-state index contributed by atoms with van der Waals surface area (Å²) in [6.07, 6.45) is 0. The quantitative estimate of drug-likeness (QED) is 0.500. The molecule has 2 aromatic carbocycles. The molecule has 0 amide bonds. The zero-order chi connectivity index (χ0) is 19.7. The van der Waals surface area contributed by atoms with Crippen molar-refractivity contribution in [3.63, 3.8) is 0 Å². The Labute approximate surface area is 173 Å². The zero-order valence-electron chi connectivity index (χ0n) is 15.4. The summed E-state index contributed by atoms with van der Waals surface area (Å²) in [6.45, 7) is 5.33. The van der Waals surface area contributed by atoms with Crippen molar-refractivity contribution in [3.8, 4) is 0 Å². The maximum Gasteiger partial charge on any atom is 0.336 e. The van der Waals surface area contributed by atoms with Gasteiger partial charge in [0.05, 0.1) is 0 Å². The number of halogens is 1. The van der Waals surface area contributed by atoms with E-state index >= 15 is 0 Å². The molecule has 1 aliphatic rings. The maximum atomic E-state index is 11.6. The first-order valence-corrected chi connectivity index (χ1v) is 9.89. The maximum absolute atomic E-state index is 11.6. The summed E-state index contributed by atoms with van der Waals surface area (Å²) in [5, 5.41) is 5.60. The van der Waals surface area contributed by atoms with Crippen molar-refractivity contribution in [1.82, 2.24) is 4.90 Å². The van der Waals surface area contributed by atoms with Gasteiger partial charge in [0.15, 0.2) is 5.11 Å². The van der Waals surface area contributed by atoms with Gasteiger partial charge < -0.3 is 19.5 Å². The van der Waals surface area contributed by atoms with Crippen LogP contribution in [-0.2, 0) is 0 Å². The number of thiocarbonyl (C=S) groups is 1. The predicted octanol–water partition coefficient (Wildman–Crippen LogP) is 4.27. The van der Waals surface area contributed by atoms with Gasteiger partial charge in [-0.15, -0.1) is 0 Å². The number of nitrogens with zero attached hydrogens (tertiary/aromatic N) is 2. The number of benzene rings is 2. The van der Waals surface area contributed by atoms with E-state index in [1.807, 2.05) is 49.4 Å². The zero-order valence-corrected chi connectivity index (χ0v) is 17.0. The monoisotopic (exact) mass is 413 g/mol. The van der Waals surface area contributed by atoms with Crippen molar-refractivity contribution >= 4 is 51.3 Å². The van der Waals surface area contributed by atoms with Crippen LogP contribution < -0.4 is 15.8 Å². The van der Waals surface area contributed by atoms with Gasteiger partial charge in [0, 0.05) is 60.1 Å². The summed E-state index contributed by atoms with van der Waals surface area (Å²) >= 11 is 11.6. The third-order valence-corrected chi connectivity index (χ3v) is 5.57. The van der Waals surface area contributed by atoms with E-state index < -0.39 is 0 Å². The highest BCUT2D eigenvalue weighted by molar-refractivity contribution is 7.80. The first-order valence-electron chi connectivity index (χ1n) is 9.10. The van der Waals surface area contributed by atoms with E-state index in [0.29, 0.717) is 10.7 Å². The van der Waals surface area contributed by atoms with Crippen LogP contribution in [0.1, 0.15) is 5.56 Å². The molecule has 0 atom stereocenters. The Morgan fingerprint density at radius 1 is 1.07 bits per heavy atom. The van der Waals surface area contributed by atoms with Crippen LogP contribution >= 0.6 is 23.8 Å². The lowest BCUT2D eigenvalue weighted by molar-refractivity contribution is 0.391. The molecule has 1 aliphatic heterocycles. The number of fused-ring (bicyclic) bond motifs is 1. The summed E-state index contributed by atoms with van der Waals surface area (Å²) in [5.74, 6) is 0. The summed E-state index contributed by atoms with van der Waals surface area (Å²) < 4.78 is 5.31. The van der Waals surface area contributed by atoms with E-state index in [0.717, 1.165) is 47.8 Å². The van der Waals surface area contributed by atoms with Gasteiger partial charge in [-0.3, -0.25) is 0 Å². The van der Waals surface area contributed by atoms with Crippen LogP contribution in [0.4, 0.5) is 11.4 Å². The van der Waals surface area contributed by atoms with Crippen LogP contribution in [0.25, 0.3) is 11.0 Å². The van der Waals surface area contributed by atoms with Gasteiger partial charge in [0.1, 0.15) is 5.58 Å². The van der Waals surface area contributed by atoms with Crippen LogP contribution in [-0.4, -0.2) is 36.2 Å². The third kappa shape index (κ3) is 3.98. The van der Waals surface area contributed by atoms with Crippen LogP contribution in [0.5, 0.6) is 0 Å². The Kier molecular flexibility index (Phi) is 5.24. The van der Waals surface area contributed by atoms with Crippen molar-refractivity contribution in [1.29, 1.82) is 0 Å². The molecule has 1 saturated heterocycles.